The third kappa shape index (κ3) is 2.41. The van der Waals surface area contributed by atoms with Gasteiger partial charge in [-0.25, -0.2) is 4.79 Å². The minimum absolute atomic E-state index is 0.175. The van der Waals surface area contributed by atoms with Gasteiger partial charge in [0.05, 0.1) is 5.52 Å². The van der Waals surface area contributed by atoms with Crippen molar-refractivity contribution in [3.8, 4) is 11.1 Å². The van der Waals surface area contributed by atoms with Gasteiger partial charge in [-0.3, -0.25) is 9.48 Å². The van der Waals surface area contributed by atoms with Crippen molar-refractivity contribution in [2.75, 3.05) is 0 Å². The van der Waals surface area contributed by atoms with Crippen LogP contribution in [0.1, 0.15) is 10.4 Å². The Morgan fingerprint density at radius 3 is 2.38 bits per heavy atom. The van der Waals surface area contributed by atoms with Gasteiger partial charge in [0.15, 0.2) is 0 Å². The largest absolute Gasteiger partial charge is 0.475 e. The van der Waals surface area contributed by atoms with Gasteiger partial charge in [-0.05, 0) is 23.3 Å². The molecule has 5 heteroatoms. The second-order valence-corrected chi connectivity index (χ2v) is 4.79. The Bertz CT molecular complexity index is 848. The summed E-state index contributed by atoms with van der Waals surface area (Å²) in [5.74, 6) is -2.34. The molecule has 0 radical (unpaired) electrons. The summed E-state index contributed by atoms with van der Waals surface area (Å²) in [6.45, 7) is 0. The van der Waals surface area contributed by atoms with E-state index in [1.165, 1.54) is 12.1 Å². The van der Waals surface area contributed by atoms with Crippen molar-refractivity contribution >= 4 is 22.7 Å². The Hall–Kier alpha value is -2.95. The average molecular weight is 280 g/mol. The molecule has 0 spiro atoms. The number of rotatable bonds is 3. The Morgan fingerprint density at radius 2 is 1.71 bits per heavy atom. The van der Waals surface area contributed by atoms with Gasteiger partial charge in [-0.1, -0.05) is 30.3 Å². The van der Waals surface area contributed by atoms with Crippen LogP contribution in [0.2, 0.25) is 0 Å². The minimum Gasteiger partial charge on any atom is -0.475 e. The predicted molar refractivity (Wildman–Crippen MR) is 78.1 cm³/mol. The Balaban J connectivity index is 1.98. The van der Waals surface area contributed by atoms with E-state index in [9.17, 15) is 9.59 Å². The second-order valence-electron chi connectivity index (χ2n) is 4.79. The standard InChI is InChI=1S/C16H12N2O3/c1-18-9-13-8-12(6-7-14(13)17-18)10-2-4-11(5-3-10)15(19)16(20)21/h2-9H,1H3,(H,20,21). The molecule has 0 atom stereocenters. The number of Topliss-reactive ketones (excluding diaryl/α,β-unsaturated/α-hetero) is 1. The lowest BCUT2D eigenvalue weighted by Gasteiger charge is -2.03. The summed E-state index contributed by atoms with van der Waals surface area (Å²) in [6.07, 6.45) is 1.93. The van der Waals surface area contributed by atoms with E-state index in [4.69, 9.17) is 5.11 Å². The van der Waals surface area contributed by atoms with E-state index in [1.54, 1.807) is 16.8 Å². The summed E-state index contributed by atoms with van der Waals surface area (Å²) in [7, 11) is 1.87. The van der Waals surface area contributed by atoms with Crippen LogP contribution in [-0.2, 0) is 11.8 Å². The molecular formula is C16H12N2O3. The lowest BCUT2D eigenvalue weighted by atomic mass is 10.0. The Labute approximate surface area is 120 Å². The van der Waals surface area contributed by atoms with Crippen LogP contribution in [0.15, 0.2) is 48.7 Å². The second kappa shape index (κ2) is 4.86. The van der Waals surface area contributed by atoms with E-state index >= 15 is 0 Å². The van der Waals surface area contributed by atoms with E-state index in [2.05, 4.69) is 5.10 Å². The van der Waals surface area contributed by atoms with Crippen molar-refractivity contribution in [3.05, 3.63) is 54.2 Å². The fraction of sp³-hybridized carbons (Fsp3) is 0.0625. The molecule has 1 N–H and O–H groups in total. The van der Waals surface area contributed by atoms with E-state index in [0.29, 0.717) is 0 Å². The number of fused-ring (bicyclic) bond motifs is 1. The summed E-state index contributed by atoms with van der Waals surface area (Å²) in [6, 6.07) is 12.4. The molecule has 0 fully saturated rings. The van der Waals surface area contributed by atoms with Gasteiger partial charge < -0.3 is 5.11 Å². The smallest absolute Gasteiger partial charge is 0.377 e. The first-order chi connectivity index (χ1) is 10.0. The number of nitrogens with zero attached hydrogens (tertiary/aromatic N) is 2. The van der Waals surface area contributed by atoms with Crippen LogP contribution in [-0.4, -0.2) is 26.6 Å². The summed E-state index contributed by atoms with van der Waals surface area (Å²) >= 11 is 0. The first kappa shape index (κ1) is 13.1. The first-order valence-corrected chi connectivity index (χ1v) is 6.36. The van der Waals surface area contributed by atoms with Gasteiger partial charge in [0.25, 0.3) is 5.78 Å². The molecule has 0 unspecified atom stereocenters. The quantitative estimate of drug-likeness (QED) is 0.591. The maximum atomic E-state index is 11.4. The molecule has 0 amide bonds. The van der Waals surface area contributed by atoms with Gasteiger partial charge in [-0.2, -0.15) is 5.10 Å². The van der Waals surface area contributed by atoms with Crippen molar-refractivity contribution < 1.29 is 14.7 Å². The minimum atomic E-state index is -1.44. The molecule has 0 saturated heterocycles. The van der Waals surface area contributed by atoms with Crippen LogP contribution in [0.5, 0.6) is 0 Å². The van der Waals surface area contributed by atoms with Crippen molar-refractivity contribution in [2.45, 2.75) is 0 Å². The van der Waals surface area contributed by atoms with Crippen LogP contribution in [0.3, 0.4) is 0 Å². The van der Waals surface area contributed by atoms with Crippen LogP contribution in [0, 0.1) is 0 Å². The molecule has 3 aromatic rings. The highest BCUT2D eigenvalue weighted by molar-refractivity contribution is 6.39. The van der Waals surface area contributed by atoms with E-state index in [1.807, 2.05) is 31.4 Å². The van der Waals surface area contributed by atoms with E-state index in [0.717, 1.165) is 22.0 Å². The van der Waals surface area contributed by atoms with Crippen LogP contribution in [0.4, 0.5) is 0 Å². The fourth-order valence-corrected chi connectivity index (χ4v) is 2.27. The fourth-order valence-electron chi connectivity index (χ4n) is 2.27. The van der Waals surface area contributed by atoms with E-state index < -0.39 is 11.8 Å². The lowest BCUT2D eigenvalue weighted by Crippen LogP contribution is -2.12. The number of carboxylic acids is 1. The number of carboxylic acid groups (broad SMARTS) is 1. The van der Waals surface area contributed by atoms with Crippen LogP contribution < -0.4 is 0 Å². The molecule has 0 saturated carbocycles. The zero-order valence-electron chi connectivity index (χ0n) is 11.3. The molecular weight excluding hydrogens is 268 g/mol. The van der Waals surface area contributed by atoms with Crippen molar-refractivity contribution in [1.82, 2.24) is 9.78 Å². The van der Waals surface area contributed by atoms with Crippen LogP contribution in [0.25, 0.3) is 22.0 Å². The van der Waals surface area contributed by atoms with Crippen LogP contribution >= 0.6 is 0 Å². The molecule has 1 heterocycles. The number of benzene rings is 2. The molecule has 1 aromatic heterocycles. The number of carbonyl (C=O) groups excluding carboxylic acids is 1. The number of aromatic nitrogens is 2. The molecule has 3 rings (SSSR count). The number of aryl methyl sites for hydroxylation is 1. The highest BCUT2D eigenvalue weighted by atomic mass is 16.4. The molecule has 0 bridgehead atoms. The van der Waals surface area contributed by atoms with Crippen molar-refractivity contribution in [2.24, 2.45) is 7.05 Å². The SMILES string of the molecule is Cn1cc2cc(-c3ccc(C(=O)C(=O)O)cc3)ccc2n1. The van der Waals surface area contributed by atoms with Gasteiger partial charge in [0, 0.05) is 24.2 Å². The normalized spacial score (nSPS) is 10.7. The number of hydrogen-bond donors (Lipinski definition) is 1. The highest BCUT2D eigenvalue weighted by Gasteiger charge is 2.14. The lowest BCUT2D eigenvalue weighted by molar-refractivity contribution is -0.131. The van der Waals surface area contributed by atoms with Gasteiger partial charge in [0.1, 0.15) is 0 Å². The molecule has 21 heavy (non-hydrogen) atoms. The van der Waals surface area contributed by atoms with E-state index in [-0.39, 0.29) is 5.56 Å². The summed E-state index contributed by atoms with van der Waals surface area (Å²) in [4.78, 5) is 22.0. The van der Waals surface area contributed by atoms with Crippen molar-refractivity contribution in [1.29, 1.82) is 0 Å². The summed E-state index contributed by atoms with van der Waals surface area (Å²) in [5.41, 5.74) is 3.00. The molecule has 0 aliphatic carbocycles. The Kier molecular flexibility index (Phi) is 3.02. The third-order valence-electron chi connectivity index (χ3n) is 3.29. The maximum Gasteiger partial charge on any atom is 0.377 e. The number of aliphatic carboxylic acids is 1. The third-order valence-corrected chi connectivity index (χ3v) is 3.29. The number of carbonyl (C=O) groups is 2. The molecule has 2 aromatic carbocycles. The molecule has 5 nitrogen and oxygen atoms in total. The maximum absolute atomic E-state index is 11.4. The monoisotopic (exact) mass is 280 g/mol. The van der Waals surface area contributed by atoms with Crippen molar-refractivity contribution in [3.63, 3.8) is 0 Å². The topological polar surface area (TPSA) is 72.2 Å². The molecule has 104 valence electrons. The summed E-state index contributed by atoms with van der Waals surface area (Å²) in [5, 5.41) is 14.0. The zero-order chi connectivity index (χ0) is 15.0. The molecule has 0 aliphatic heterocycles. The predicted octanol–water partition coefficient (Wildman–Crippen LogP) is 2.51. The molecule has 0 aliphatic rings. The van der Waals surface area contributed by atoms with Gasteiger partial charge in [-0.15, -0.1) is 0 Å². The number of ketones is 1. The highest BCUT2D eigenvalue weighted by Crippen LogP contribution is 2.24. The van der Waals surface area contributed by atoms with Gasteiger partial charge in [0.2, 0.25) is 0 Å². The number of hydrogen-bond acceptors (Lipinski definition) is 3. The average Bonchev–Trinajstić information content (AvgIpc) is 2.85. The zero-order valence-corrected chi connectivity index (χ0v) is 11.3. The first-order valence-electron chi connectivity index (χ1n) is 6.36. The van der Waals surface area contributed by atoms with Gasteiger partial charge >= 0.3 is 5.97 Å². The Morgan fingerprint density at radius 1 is 1.05 bits per heavy atom. The summed E-state index contributed by atoms with van der Waals surface area (Å²) < 4.78 is 1.75.